The lowest BCUT2D eigenvalue weighted by molar-refractivity contribution is 0.0432. The predicted octanol–water partition coefficient (Wildman–Crippen LogP) is 1.50. The fraction of sp³-hybridized carbons (Fsp3) is 0.300. The smallest absolute Gasteiger partial charge is 0.356 e. The lowest BCUT2D eigenvalue weighted by Crippen LogP contribution is -2.14. The van der Waals surface area contributed by atoms with E-state index in [1.807, 2.05) is 6.92 Å². The second kappa shape index (κ2) is 3.81. The third kappa shape index (κ3) is 2.12. The van der Waals surface area contributed by atoms with Crippen LogP contribution < -0.4 is 0 Å². The molecule has 0 fully saturated rings. The highest BCUT2D eigenvalue weighted by molar-refractivity contribution is 5.89. The maximum Gasteiger partial charge on any atom is 0.356 e. The summed E-state index contributed by atoms with van der Waals surface area (Å²) >= 11 is 0. The summed E-state index contributed by atoms with van der Waals surface area (Å²) in [7, 11) is 0. The van der Waals surface area contributed by atoms with E-state index in [9.17, 15) is 4.79 Å². The normalized spacial score (nSPS) is 11.8. The summed E-state index contributed by atoms with van der Waals surface area (Å²) in [5.74, 6) is 1.91. The number of hydrogen-bond donors (Lipinski definition) is 1. The van der Waals surface area contributed by atoms with Gasteiger partial charge in [-0.05, 0) is 25.5 Å². The highest BCUT2D eigenvalue weighted by atomic mass is 16.5. The van der Waals surface area contributed by atoms with Crippen LogP contribution in [-0.2, 0) is 4.74 Å². The quantitative estimate of drug-likeness (QED) is 0.549. The molecule has 0 aliphatic heterocycles. The van der Waals surface area contributed by atoms with E-state index in [1.54, 1.807) is 19.2 Å². The molecule has 13 heavy (non-hydrogen) atoms. The van der Waals surface area contributed by atoms with Crippen LogP contribution in [0.4, 0.5) is 0 Å². The molecule has 0 spiro atoms. The zero-order valence-electron chi connectivity index (χ0n) is 7.63. The molecule has 1 rings (SSSR count). The Morgan fingerprint density at radius 1 is 1.77 bits per heavy atom. The van der Waals surface area contributed by atoms with Gasteiger partial charge in [0.1, 0.15) is 5.69 Å². The number of carbonyl (C=O) groups excluding carboxylic acids is 1. The number of nitrogens with one attached hydrogen (secondary N) is 1. The van der Waals surface area contributed by atoms with Gasteiger partial charge in [-0.2, -0.15) is 0 Å². The van der Waals surface area contributed by atoms with Crippen molar-refractivity contribution in [3.8, 4) is 12.3 Å². The second-order valence-corrected chi connectivity index (χ2v) is 2.75. The van der Waals surface area contributed by atoms with E-state index in [0.29, 0.717) is 5.69 Å². The third-order valence-electron chi connectivity index (χ3n) is 1.68. The van der Waals surface area contributed by atoms with E-state index in [-0.39, 0.29) is 0 Å². The standard InChI is InChI=1S/C10H11NO2/c1-4-8(3)13-10(12)9-7(2)5-6-11-9/h1,5-6,8,11H,2-3H3. The molecule has 1 aromatic rings. The Bertz CT molecular complexity index is 346. The fourth-order valence-electron chi connectivity index (χ4n) is 0.921. The maximum absolute atomic E-state index is 11.3. The second-order valence-electron chi connectivity index (χ2n) is 2.75. The number of esters is 1. The highest BCUT2D eigenvalue weighted by Gasteiger charge is 2.13. The number of aromatic amines is 1. The van der Waals surface area contributed by atoms with Gasteiger partial charge >= 0.3 is 5.97 Å². The van der Waals surface area contributed by atoms with E-state index in [2.05, 4.69) is 10.9 Å². The Morgan fingerprint density at radius 3 is 2.92 bits per heavy atom. The fourth-order valence-corrected chi connectivity index (χ4v) is 0.921. The molecule has 3 heteroatoms. The number of rotatable bonds is 2. The van der Waals surface area contributed by atoms with Gasteiger partial charge in [0, 0.05) is 6.20 Å². The maximum atomic E-state index is 11.3. The van der Waals surface area contributed by atoms with Crippen LogP contribution in [0, 0.1) is 19.3 Å². The monoisotopic (exact) mass is 177 g/mol. The molecular formula is C10H11NO2. The molecular weight excluding hydrogens is 166 g/mol. The van der Waals surface area contributed by atoms with E-state index in [0.717, 1.165) is 5.56 Å². The number of aryl methyl sites for hydroxylation is 1. The Kier molecular flexibility index (Phi) is 2.76. The summed E-state index contributed by atoms with van der Waals surface area (Å²) < 4.78 is 4.92. The first kappa shape index (κ1) is 9.40. The molecule has 0 bridgehead atoms. The Labute approximate surface area is 77.1 Å². The molecule has 0 saturated heterocycles. The summed E-state index contributed by atoms with van der Waals surface area (Å²) in [5, 5.41) is 0. The number of carbonyl (C=O) groups is 1. The molecule has 1 unspecified atom stereocenters. The molecule has 0 radical (unpaired) electrons. The molecule has 68 valence electrons. The van der Waals surface area contributed by atoms with Crippen molar-refractivity contribution in [1.29, 1.82) is 0 Å². The molecule has 0 aliphatic carbocycles. The minimum absolute atomic E-state index is 0.409. The van der Waals surface area contributed by atoms with Crippen molar-refractivity contribution in [1.82, 2.24) is 4.98 Å². The predicted molar refractivity (Wildman–Crippen MR) is 49.2 cm³/mol. The lowest BCUT2D eigenvalue weighted by Gasteiger charge is -2.05. The van der Waals surface area contributed by atoms with Crippen LogP contribution in [0.15, 0.2) is 12.3 Å². The van der Waals surface area contributed by atoms with Gasteiger partial charge in [0.15, 0.2) is 6.10 Å². The first-order chi connectivity index (χ1) is 6.15. The van der Waals surface area contributed by atoms with Gasteiger partial charge in [-0.3, -0.25) is 0 Å². The summed E-state index contributed by atoms with van der Waals surface area (Å²) in [5.41, 5.74) is 1.32. The van der Waals surface area contributed by atoms with Gasteiger partial charge in [-0.15, -0.1) is 6.42 Å². The minimum Gasteiger partial charge on any atom is -0.445 e. The Hall–Kier alpha value is -1.69. The number of ether oxygens (including phenoxy) is 1. The lowest BCUT2D eigenvalue weighted by atomic mass is 10.3. The molecule has 0 aliphatic rings. The van der Waals surface area contributed by atoms with E-state index >= 15 is 0 Å². The van der Waals surface area contributed by atoms with E-state index in [4.69, 9.17) is 11.2 Å². The topological polar surface area (TPSA) is 42.1 Å². The average molecular weight is 177 g/mol. The van der Waals surface area contributed by atoms with Crippen molar-refractivity contribution in [2.24, 2.45) is 0 Å². The number of H-pyrrole nitrogens is 1. The molecule has 0 aromatic carbocycles. The summed E-state index contributed by atoms with van der Waals surface area (Å²) in [6.07, 6.45) is 6.27. The van der Waals surface area contributed by atoms with Crippen molar-refractivity contribution in [2.75, 3.05) is 0 Å². The van der Waals surface area contributed by atoms with Gasteiger partial charge in [-0.1, -0.05) is 5.92 Å². The number of hydrogen-bond acceptors (Lipinski definition) is 2. The van der Waals surface area contributed by atoms with Crippen LogP contribution in [-0.4, -0.2) is 17.1 Å². The van der Waals surface area contributed by atoms with Crippen molar-refractivity contribution < 1.29 is 9.53 Å². The molecule has 1 atom stereocenters. The van der Waals surface area contributed by atoms with Gasteiger partial charge in [0.25, 0.3) is 0 Å². The summed E-state index contributed by atoms with van der Waals surface area (Å²) in [6, 6.07) is 1.80. The van der Waals surface area contributed by atoms with Gasteiger partial charge < -0.3 is 9.72 Å². The first-order valence-corrected chi connectivity index (χ1v) is 3.96. The van der Waals surface area contributed by atoms with Gasteiger partial charge in [-0.25, -0.2) is 4.79 Å². The van der Waals surface area contributed by atoms with Crippen LogP contribution in [0.5, 0.6) is 0 Å². The van der Waals surface area contributed by atoms with Crippen molar-refractivity contribution in [2.45, 2.75) is 20.0 Å². The molecule has 0 saturated carbocycles. The van der Waals surface area contributed by atoms with Crippen molar-refractivity contribution >= 4 is 5.97 Å². The SMILES string of the molecule is C#CC(C)OC(=O)c1[nH]ccc1C. The van der Waals surface area contributed by atoms with Gasteiger partial charge in [0.2, 0.25) is 0 Å². The summed E-state index contributed by atoms with van der Waals surface area (Å²) in [6.45, 7) is 3.48. The Morgan fingerprint density at radius 2 is 2.46 bits per heavy atom. The van der Waals surface area contributed by atoms with E-state index < -0.39 is 12.1 Å². The molecule has 1 heterocycles. The van der Waals surface area contributed by atoms with Crippen molar-refractivity contribution in [3.63, 3.8) is 0 Å². The van der Waals surface area contributed by atoms with Crippen LogP contribution >= 0.6 is 0 Å². The van der Waals surface area contributed by atoms with Crippen LogP contribution in [0.2, 0.25) is 0 Å². The average Bonchev–Trinajstić information content (AvgIpc) is 2.51. The van der Waals surface area contributed by atoms with Crippen LogP contribution in [0.1, 0.15) is 23.0 Å². The largest absolute Gasteiger partial charge is 0.445 e. The van der Waals surface area contributed by atoms with Gasteiger partial charge in [0.05, 0.1) is 0 Å². The molecule has 3 nitrogen and oxygen atoms in total. The molecule has 1 N–H and O–H groups in total. The zero-order valence-corrected chi connectivity index (χ0v) is 7.63. The third-order valence-corrected chi connectivity index (χ3v) is 1.68. The number of aromatic nitrogens is 1. The first-order valence-electron chi connectivity index (χ1n) is 3.96. The number of terminal acetylenes is 1. The van der Waals surface area contributed by atoms with Crippen LogP contribution in [0.25, 0.3) is 0 Å². The minimum atomic E-state index is -0.491. The Balaban J connectivity index is 2.71. The van der Waals surface area contributed by atoms with E-state index in [1.165, 1.54) is 0 Å². The summed E-state index contributed by atoms with van der Waals surface area (Å²) in [4.78, 5) is 14.1. The highest BCUT2D eigenvalue weighted by Crippen LogP contribution is 2.07. The molecule has 0 amide bonds. The van der Waals surface area contributed by atoms with Crippen LogP contribution in [0.3, 0.4) is 0 Å². The molecule has 1 aromatic heterocycles. The zero-order chi connectivity index (χ0) is 9.84. The van der Waals surface area contributed by atoms with Crippen molar-refractivity contribution in [3.05, 3.63) is 23.5 Å².